The highest BCUT2D eigenvalue weighted by Crippen LogP contribution is 2.35. The van der Waals surface area contributed by atoms with Gasteiger partial charge in [0.2, 0.25) is 0 Å². The molecule has 0 saturated carbocycles. The summed E-state index contributed by atoms with van der Waals surface area (Å²) in [7, 11) is 0. The summed E-state index contributed by atoms with van der Waals surface area (Å²) in [5.74, 6) is -0.895. The van der Waals surface area contributed by atoms with Crippen molar-refractivity contribution < 1.29 is 9.90 Å². The van der Waals surface area contributed by atoms with Crippen LogP contribution in [-0.2, 0) is 0 Å². The predicted octanol–water partition coefficient (Wildman–Crippen LogP) is 4.18. The Morgan fingerprint density at radius 3 is 2.69 bits per heavy atom. The van der Waals surface area contributed by atoms with E-state index >= 15 is 0 Å². The number of rotatable bonds is 2. The summed E-state index contributed by atoms with van der Waals surface area (Å²) in [6, 6.07) is 7.15. The average Bonchev–Trinajstić information content (AvgIpc) is 2.65. The Bertz CT molecular complexity index is 546. The van der Waals surface area contributed by atoms with Crippen molar-refractivity contribution >= 4 is 33.2 Å². The van der Waals surface area contributed by atoms with Gasteiger partial charge in [-0.1, -0.05) is 6.07 Å². The molecule has 82 valence electrons. The van der Waals surface area contributed by atoms with Crippen molar-refractivity contribution in [2.45, 2.75) is 6.92 Å². The molecule has 1 aromatic heterocycles. The van der Waals surface area contributed by atoms with Crippen molar-refractivity contribution in [1.82, 2.24) is 0 Å². The maximum absolute atomic E-state index is 10.9. The first kappa shape index (κ1) is 11.4. The summed E-state index contributed by atoms with van der Waals surface area (Å²) >= 11 is 5.06. The number of hydrogen-bond donors (Lipinski definition) is 1. The molecule has 2 nitrogen and oxygen atoms in total. The van der Waals surface area contributed by atoms with Crippen LogP contribution < -0.4 is 0 Å². The molecule has 4 heteroatoms. The number of aromatic carboxylic acids is 1. The fourth-order valence-corrected chi connectivity index (χ4v) is 3.15. The van der Waals surface area contributed by atoms with Gasteiger partial charge in [-0.3, -0.25) is 0 Å². The van der Waals surface area contributed by atoms with Crippen LogP contribution in [0, 0.1) is 6.92 Å². The van der Waals surface area contributed by atoms with E-state index < -0.39 is 5.97 Å². The zero-order valence-electron chi connectivity index (χ0n) is 8.53. The second-order valence-electron chi connectivity index (χ2n) is 3.43. The van der Waals surface area contributed by atoms with Crippen LogP contribution in [-0.4, -0.2) is 11.1 Å². The van der Waals surface area contributed by atoms with Gasteiger partial charge in [0.15, 0.2) is 0 Å². The summed E-state index contributed by atoms with van der Waals surface area (Å²) in [4.78, 5) is 12.0. The maximum Gasteiger partial charge on any atom is 0.335 e. The van der Waals surface area contributed by atoms with Gasteiger partial charge >= 0.3 is 5.97 Å². The molecule has 0 unspecified atom stereocenters. The van der Waals surface area contributed by atoms with Gasteiger partial charge in [-0.15, -0.1) is 11.3 Å². The third-order valence-corrected chi connectivity index (χ3v) is 4.22. The molecule has 2 aromatic rings. The summed E-state index contributed by atoms with van der Waals surface area (Å²) < 4.78 is 1.00. The van der Waals surface area contributed by atoms with E-state index in [0.717, 1.165) is 20.5 Å². The monoisotopic (exact) mass is 296 g/mol. The molecule has 0 radical (unpaired) electrons. The van der Waals surface area contributed by atoms with Gasteiger partial charge in [-0.05, 0) is 57.6 Å². The minimum atomic E-state index is -0.895. The zero-order valence-corrected chi connectivity index (χ0v) is 10.9. The molecule has 0 bridgehead atoms. The van der Waals surface area contributed by atoms with Crippen LogP contribution in [0.15, 0.2) is 34.1 Å². The van der Waals surface area contributed by atoms with Gasteiger partial charge in [0.25, 0.3) is 0 Å². The van der Waals surface area contributed by atoms with Crippen molar-refractivity contribution in [3.05, 3.63) is 45.2 Å². The molecule has 1 heterocycles. The highest BCUT2D eigenvalue weighted by atomic mass is 79.9. The Balaban J connectivity index is 2.60. The molecular formula is C12H9BrO2S. The van der Waals surface area contributed by atoms with Crippen LogP contribution in [0.5, 0.6) is 0 Å². The van der Waals surface area contributed by atoms with Crippen molar-refractivity contribution in [3.8, 4) is 10.4 Å². The quantitative estimate of drug-likeness (QED) is 0.902. The lowest BCUT2D eigenvalue weighted by Crippen LogP contribution is -1.96. The third-order valence-electron chi connectivity index (χ3n) is 2.35. The van der Waals surface area contributed by atoms with E-state index in [-0.39, 0.29) is 0 Å². The first-order valence-electron chi connectivity index (χ1n) is 4.67. The Hall–Kier alpha value is -1.13. The number of hydrogen-bond acceptors (Lipinski definition) is 2. The van der Waals surface area contributed by atoms with Gasteiger partial charge in [0.1, 0.15) is 0 Å². The van der Waals surface area contributed by atoms with Crippen LogP contribution in [0.3, 0.4) is 0 Å². The van der Waals surface area contributed by atoms with Crippen molar-refractivity contribution in [2.24, 2.45) is 0 Å². The molecule has 0 spiro atoms. The number of carbonyl (C=O) groups is 1. The fraction of sp³-hybridized carbons (Fsp3) is 0.0833. The maximum atomic E-state index is 10.9. The second kappa shape index (κ2) is 4.39. The van der Waals surface area contributed by atoms with Gasteiger partial charge in [0.05, 0.1) is 5.56 Å². The van der Waals surface area contributed by atoms with Crippen molar-refractivity contribution in [1.29, 1.82) is 0 Å². The van der Waals surface area contributed by atoms with E-state index in [1.165, 1.54) is 0 Å². The molecule has 0 aliphatic rings. The molecule has 2 rings (SSSR count). The Labute approximate surface area is 106 Å². The number of aryl methyl sites for hydroxylation is 1. The highest BCUT2D eigenvalue weighted by Gasteiger charge is 2.11. The molecule has 0 atom stereocenters. The molecule has 0 amide bonds. The Morgan fingerprint density at radius 1 is 1.38 bits per heavy atom. The lowest BCUT2D eigenvalue weighted by Gasteiger charge is -2.05. The molecule has 0 aliphatic heterocycles. The van der Waals surface area contributed by atoms with Crippen LogP contribution in [0.25, 0.3) is 10.4 Å². The van der Waals surface area contributed by atoms with Gasteiger partial charge < -0.3 is 5.11 Å². The number of benzene rings is 1. The van der Waals surface area contributed by atoms with Gasteiger partial charge in [-0.25, -0.2) is 4.79 Å². The largest absolute Gasteiger partial charge is 0.478 e. The van der Waals surface area contributed by atoms with Crippen LogP contribution in [0.1, 0.15) is 15.9 Å². The van der Waals surface area contributed by atoms with Gasteiger partial charge in [0, 0.05) is 9.35 Å². The number of carboxylic acids is 1. The molecule has 0 aliphatic carbocycles. The molecule has 0 fully saturated rings. The lowest BCUT2D eigenvalue weighted by molar-refractivity contribution is 0.0697. The first-order chi connectivity index (χ1) is 7.59. The number of thiophene rings is 1. The van der Waals surface area contributed by atoms with E-state index in [1.807, 2.05) is 24.4 Å². The topological polar surface area (TPSA) is 37.3 Å². The molecular weight excluding hydrogens is 288 g/mol. The standard InChI is InChI=1S/C12H9BrO2S/c1-7-2-3-8(12(14)15)6-9(7)11-10(13)4-5-16-11/h2-6H,1H3,(H,14,15). The number of carboxylic acid groups (broad SMARTS) is 1. The molecule has 0 saturated heterocycles. The summed E-state index contributed by atoms with van der Waals surface area (Å²) in [5, 5.41) is 10.9. The van der Waals surface area contributed by atoms with Crippen molar-refractivity contribution in [3.63, 3.8) is 0 Å². The summed E-state index contributed by atoms with van der Waals surface area (Å²) in [6.45, 7) is 1.98. The third kappa shape index (κ3) is 2.03. The Kier molecular flexibility index (Phi) is 3.12. The molecule has 1 aromatic carbocycles. The van der Waals surface area contributed by atoms with E-state index in [2.05, 4.69) is 15.9 Å². The molecule has 16 heavy (non-hydrogen) atoms. The highest BCUT2D eigenvalue weighted by molar-refractivity contribution is 9.10. The first-order valence-corrected chi connectivity index (χ1v) is 6.34. The summed E-state index contributed by atoms with van der Waals surface area (Å²) in [6.07, 6.45) is 0. The van der Waals surface area contributed by atoms with Gasteiger partial charge in [-0.2, -0.15) is 0 Å². The predicted molar refractivity (Wildman–Crippen MR) is 69.2 cm³/mol. The lowest BCUT2D eigenvalue weighted by atomic mass is 10.0. The zero-order chi connectivity index (χ0) is 11.7. The van der Waals surface area contributed by atoms with Crippen LogP contribution in [0.2, 0.25) is 0 Å². The number of halogens is 1. The van der Waals surface area contributed by atoms with E-state index in [4.69, 9.17) is 5.11 Å². The van der Waals surface area contributed by atoms with Crippen molar-refractivity contribution in [2.75, 3.05) is 0 Å². The average molecular weight is 297 g/mol. The van der Waals surface area contributed by atoms with E-state index in [0.29, 0.717) is 5.56 Å². The Morgan fingerprint density at radius 2 is 2.12 bits per heavy atom. The smallest absolute Gasteiger partial charge is 0.335 e. The van der Waals surface area contributed by atoms with E-state index in [9.17, 15) is 4.79 Å². The van der Waals surface area contributed by atoms with E-state index in [1.54, 1.807) is 23.5 Å². The van der Waals surface area contributed by atoms with Crippen LogP contribution in [0.4, 0.5) is 0 Å². The second-order valence-corrected chi connectivity index (χ2v) is 5.20. The summed E-state index contributed by atoms with van der Waals surface area (Å²) in [5.41, 5.74) is 2.37. The minimum Gasteiger partial charge on any atom is -0.478 e. The fourth-order valence-electron chi connectivity index (χ4n) is 1.49. The normalized spacial score (nSPS) is 10.4. The minimum absolute atomic E-state index is 0.320. The van der Waals surface area contributed by atoms with Crippen LogP contribution >= 0.6 is 27.3 Å². The molecule has 1 N–H and O–H groups in total. The SMILES string of the molecule is Cc1ccc(C(=O)O)cc1-c1sccc1Br.